The summed E-state index contributed by atoms with van der Waals surface area (Å²) in [5, 5.41) is 0. The third-order valence-corrected chi connectivity index (χ3v) is 5.61. The van der Waals surface area contributed by atoms with Gasteiger partial charge in [0.05, 0.1) is 0 Å². The summed E-state index contributed by atoms with van der Waals surface area (Å²) in [6.45, 7) is 10.6. The zero-order chi connectivity index (χ0) is 13.2. The first-order valence-corrected chi connectivity index (χ1v) is 8.02. The Morgan fingerprint density at radius 1 is 1.22 bits per heavy atom. The largest absolute Gasteiger partial charge is 0.329 e. The van der Waals surface area contributed by atoms with Crippen molar-refractivity contribution in [2.45, 2.75) is 64.8 Å². The van der Waals surface area contributed by atoms with Crippen LogP contribution in [0.25, 0.3) is 0 Å². The van der Waals surface area contributed by atoms with Crippen LogP contribution in [0.4, 0.5) is 0 Å². The van der Waals surface area contributed by atoms with Gasteiger partial charge in [0.2, 0.25) is 0 Å². The van der Waals surface area contributed by atoms with Crippen molar-refractivity contribution in [2.24, 2.45) is 23.5 Å². The fourth-order valence-corrected chi connectivity index (χ4v) is 4.11. The van der Waals surface area contributed by atoms with Crippen molar-refractivity contribution in [3.05, 3.63) is 0 Å². The highest BCUT2D eigenvalue weighted by Crippen LogP contribution is 2.40. The van der Waals surface area contributed by atoms with E-state index in [1.807, 2.05) is 0 Å². The molecule has 2 aliphatic rings. The average Bonchev–Trinajstić information content (AvgIpc) is 2.38. The van der Waals surface area contributed by atoms with Crippen molar-refractivity contribution < 1.29 is 0 Å². The van der Waals surface area contributed by atoms with Gasteiger partial charge in [-0.1, -0.05) is 20.8 Å². The molecule has 0 radical (unpaired) electrons. The first-order valence-electron chi connectivity index (χ1n) is 8.02. The first kappa shape index (κ1) is 14.3. The number of piperidine rings is 1. The van der Waals surface area contributed by atoms with Gasteiger partial charge in [0.1, 0.15) is 0 Å². The third-order valence-electron chi connectivity index (χ3n) is 5.61. The van der Waals surface area contributed by atoms with Crippen molar-refractivity contribution in [1.29, 1.82) is 0 Å². The molecule has 2 heteroatoms. The lowest BCUT2D eigenvalue weighted by Crippen LogP contribution is -2.58. The van der Waals surface area contributed by atoms with E-state index in [0.717, 1.165) is 24.3 Å². The summed E-state index contributed by atoms with van der Waals surface area (Å²) < 4.78 is 0. The second-order valence-corrected chi connectivity index (χ2v) is 7.20. The van der Waals surface area contributed by atoms with Crippen LogP contribution in [0, 0.1) is 17.8 Å². The van der Waals surface area contributed by atoms with Gasteiger partial charge in [-0.05, 0) is 62.8 Å². The lowest BCUT2D eigenvalue weighted by Gasteiger charge is -2.50. The fourth-order valence-electron chi connectivity index (χ4n) is 4.11. The summed E-state index contributed by atoms with van der Waals surface area (Å²) in [6, 6.07) is 0. The molecule has 2 fully saturated rings. The molecule has 2 rings (SSSR count). The Labute approximate surface area is 113 Å². The molecule has 0 aromatic carbocycles. The molecule has 2 nitrogen and oxygen atoms in total. The molecule has 1 atom stereocenters. The normalized spacial score (nSPS) is 39.2. The summed E-state index contributed by atoms with van der Waals surface area (Å²) in [4.78, 5) is 2.75. The van der Waals surface area contributed by atoms with Crippen LogP contribution in [-0.2, 0) is 0 Å². The monoisotopic (exact) mass is 252 g/mol. The van der Waals surface area contributed by atoms with Crippen LogP contribution in [0.15, 0.2) is 0 Å². The minimum atomic E-state index is 0.347. The predicted octanol–water partition coefficient (Wildman–Crippen LogP) is 3.26. The highest BCUT2D eigenvalue weighted by molar-refractivity contribution is 4.97. The van der Waals surface area contributed by atoms with Crippen LogP contribution < -0.4 is 5.73 Å². The summed E-state index contributed by atoms with van der Waals surface area (Å²) in [7, 11) is 0. The van der Waals surface area contributed by atoms with E-state index < -0.39 is 0 Å². The van der Waals surface area contributed by atoms with E-state index in [1.165, 1.54) is 51.6 Å². The molecule has 1 heterocycles. The fraction of sp³-hybridized carbons (Fsp3) is 1.00. The minimum absolute atomic E-state index is 0.347. The quantitative estimate of drug-likeness (QED) is 0.835. The van der Waals surface area contributed by atoms with Crippen molar-refractivity contribution in [2.75, 3.05) is 19.6 Å². The van der Waals surface area contributed by atoms with Crippen molar-refractivity contribution in [3.8, 4) is 0 Å². The van der Waals surface area contributed by atoms with Crippen LogP contribution in [0.1, 0.15) is 59.3 Å². The van der Waals surface area contributed by atoms with Crippen LogP contribution in [0.3, 0.4) is 0 Å². The molecule has 1 aliphatic heterocycles. The van der Waals surface area contributed by atoms with Gasteiger partial charge in [-0.15, -0.1) is 0 Å². The molecule has 0 spiro atoms. The van der Waals surface area contributed by atoms with E-state index in [-0.39, 0.29) is 0 Å². The maximum absolute atomic E-state index is 6.19. The number of likely N-dealkylation sites (tertiary alicyclic amines) is 1. The maximum atomic E-state index is 6.19. The Bertz CT molecular complexity index is 254. The van der Waals surface area contributed by atoms with E-state index in [2.05, 4.69) is 25.7 Å². The molecule has 0 bridgehead atoms. The number of hydrogen-bond donors (Lipinski definition) is 1. The zero-order valence-electron chi connectivity index (χ0n) is 12.6. The number of nitrogens with two attached hydrogens (primary N) is 1. The molecule has 1 saturated heterocycles. The maximum Gasteiger partial charge on any atom is 0.0332 e. The van der Waals surface area contributed by atoms with Gasteiger partial charge >= 0.3 is 0 Å². The van der Waals surface area contributed by atoms with E-state index >= 15 is 0 Å². The molecule has 1 aliphatic carbocycles. The van der Waals surface area contributed by atoms with Crippen LogP contribution in [0.5, 0.6) is 0 Å². The van der Waals surface area contributed by atoms with Gasteiger partial charge in [0, 0.05) is 18.6 Å². The van der Waals surface area contributed by atoms with Gasteiger partial charge in [-0.25, -0.2) is 0 Å². The summed E-state index contributed by atoms with van der Waals surface area (Å²) in [5.74, 6) is 2.65. The number of rotatable bonds is 3. The third kappa shape index (κ3) is 2.91. The molecule has 0 aromatic rings. The molecule has 1 saturated carbocycles. The number of nitrogens with zero attached hydrogens (tertiary/aromatic N) is 1. The second-order valence-electron chi connectivity index (χ2n) is 7.20. The van der Waals surface area contributed by atoms with Gasteiger partial charge in [0.25, 0.3) is 0 Å². The van der Waals surface area contributed by atoms with Crippen molar-refractivity contribution >= 4 is 0 Å². The number of hydrogen-bond acceptors (Lipinski definition) is 2. The lowest BCUT2D eigenvalue weighted by atomic mass is 9.71. The predicted molar refractivity (Wildman–Crippen MR) is 78.6 cm³/mol. The van der Waals surface area contributed by atoms with Gasteiger partial charge in [0.15, 0.2) is 0 Å². The molecule has 0 aromatic heterocycles. The molecular formula is C16H32N2. The topological polar surface area (TPSA) is 29.3 Å². The molecule has 2 N–H and O–H groups in total. The minimum Gasteiger partial charge on any atom is -0.329 e. The molecule has 106 valence electrons. The van der Waals surface area contributed by atoms with Crippen LogP contribution in [-0.4, -0.2) is 30.1 Å². The standard InChI is InChI=1S/C16H32N2/c1-13(2)15-6-8-16(12-17,9-7-15)18-10-4-5-14(3)11-18/h13-15H,4-12,17H2,1-3H3. The lowest BCUT2D eigenvalue weighted by molar-refractivity contribution is 0.00732. The Kier molecular flexibility index (Phi) is 4.71. The summed E-state index contributed by atoms with van der Waals surface area (Å²) in [5.41, 5.74) is 6.54. The van der Waals surface area contributed by atoms with E-state index in [1.54, 1.807) is 0 Å². The van der Waals surface area contributed by atoms with Crippen molar-refractivity contribution in [3.63, 3.8) is 0 Å². The molecule has 1 unspecified atom stereocenters. The summed E-state index contributed by atoms with van der Waals surface area (Å²) in [6.07, 6.45) is 8.22. The first-order chi connectivity index (χ1) is 8.57. The Morgan fingerprint density at radius 3 is 2.39 bits per heavy atom. The van der Waals surface area contributed by atoms with Gasteiger partial charge < -0.3 is 5.73 Å². The zero-order valence-corrected chi connectivity index (χ0v) is 12.6. The van der Waals surface area contributed by atoms with Crippen LogP contribution >= 0.6 is 0 Å². The van der Waals surface area contributed by atoms with E-state index in [9.17, 15) is 0 Å². The average molecular weight is 252 g/mol. The SMILES string of the molecule is CC1CCCN(C2(CN)CCC(C(C)C)CC2)C1. The highest BCUT2D eigenvalue weighted by Gasteiger charge is 2.40. The Balaban J connectivity index is 1.99. The van der Waals surface area contributed by atoms with Crippen molar-refractivity contribution in [1.82, 2.24) is 4.90 Å². The highest BCUT2D eigenvalue weighted by atomic mass is 15.2. The van der Waals surface area contributed by atoms with Crippen LogP contribution in [0.2, 0.25) is 0 Å². The second kappa shape index (κ2) is 5.92. The Hall–Kier alpha value is -0.0800. The molecule has 18 heavy (non-hydrogen) atoms. The van der Waals surface area contributed by atoms with E-state index in [0.29, 0.717) is 5.54 Å². The van der Waals surface area contributed by atoms with E-state index in [4.69, 9.17) is 5.73 Å². The van der Waals surface area contributed by atoms with Gasteiger partial charge in [-0.2, -0.15) is 0 Å². The van der Waals surface area contributed by atoms with Gasteiger partial charge in [-0.3, -0.25) is 4.90 Å². The smallest absolute Gasteiger partial charge is 0.0332 e. The molecular weight excluding hydrogens is 220 g/mol. The summed E-state index contributed by atoms with van der Waals surface area (Å²) >= 11 is 0. The Morgan fingerprint density at radius 2 is 1.89 bits per heavy atom. The molecule has 0 amide bonds.